The first-order valence-corrected chi connectivity index (χ1v) is 6.39. The van der Waals surface area contributed by atoms with Crippen LogP contribution in [0.5, 0.6) is 5.75 Å². The first-order valence-electron chi connectivity index (χ1n) is 6.39. The second-order valence-electron chi connectivity index (χ2n) is 4.28. The molecule has 2 N–H and O–H groups in total. The molecule has 2 aromatic rings. The number of carbonyl (C=O) groups is 1. The van der Waals surface area contributed by atoms with Crippen molar-refractivity contribution in [2.45, 2.75) is 0 Å². The molecular weight excluding hydrogens is 304 g/mol. The number of carboxylic acid groups (broad SMARTS) is 1. The molecule has 0 amide bonds. The Kier molecular flexibility index (Phi) is 5.18. The zero-order chi connectivity index (χ0) is 16.7. The Morgan fingerprint density at radius 2 is 2.09 bits per heavy atom. The molecule has 23 heavy (non-hydrogen) atoms. The minimum atomic E-state index is -1.05. The fourth-order valence-corrected chi connectivity index (χ4v) is 1.53. The Balaban J connectivity index is 1.90. The van der Waals surface area contributed by atoms with Crippen LogP contribution in [0.3, 0.4) is 0 Å². The van der Waals surface area contributed by atoms with Crippen LogP contribution in [0.4, 0.5) is 11.5 Å². The van der Waals surface area contributed by atoms with Crippen molar-refractivity contribution in [1.82, 2.24) is 4.98 Å². The standard InChI is InChI=1S/C14H12N4O5/c19-14(20)9-23-12-4-1-10(2-5-12)7-16-17-13-6-3-11(8-15-13)18(21)22/h1-8H,9H2,(H,15,17)(H,19,20)/b16-7-. The molecule has 0 fully saturated rings. The van der Waals surface area contributed by atoms with Gasteiger partial charge in [-0.1, -0.05) is 0 Å². The molecule has 9 heteroatoms. The maximum absolute atomic E-state index is 10.5. The van der Waals surface area contributed by atoms with Crippen LogP contribution in [0.15, 0.2) is 47.7 Å². The largest absolute Gasteiger partial charge is 0.482 e. The van der Waals surface area contributed by atoms with Gasteiger partial charge in [0, 0.05) is 6.07 Å². The molecule has 0 aliphatic carbocycles. The minimum absolute atomic E-state index is 0.100. The predicted octanol–water partition coefficient (Wildman–Crippen LogP) is 1.90. The molecule has 2 rings (SSSR count). The van der Waals surface area contributed by atoms with Gasteiger partial charge < -0.3 is 9.84 Å². The van der Waals surface area contributed by atoms with Crippen molar-refractivity contribution in [3.8, 4) is 5.75 Å². The summed E-state index contributed by atoms with van der Waals surface area (Å²) >= 11 is 0. The molecule has 0 saturated heterocycles. The lowest BCUT2D eigenvalue weighted by Crippen LogP contribution is -2.09. The number of benzene rings is 1. The predicted molar refractivity (Wildman–Crippen MR) is 81.7 cm³/mol. The smallest absolute Gasteiger partial charge is 0.341 e. The lowest BCUT2D eigenvalue weighted by molar-refractivity contribution is -0.385. The average Bonchev–Trinajstić information content (AvgIpc) is 2.54. The molecule has 1 heterocycles. The number of nitrogens with one attached hydrogen (secondary N) is 1. The maximum atomic E-state index is 10.5. The van der Waals surface area contributed by atoms with E-state index in [1.54, 1.807) is 24.3 Å². The molecule has 0 unspecified atom stereocenters. The van der Waals surface area contributed by atoms with Crippen LogP contribution in [-0.4, -0.2) is 33.8 Å². The fourth-order valence-electron chi connectivity index (χ4n) is 1.53. The number of nitrogens with zero attached hydrogens (tertiary/aromatic N) is 3. The molecule has 118 valence electrons. The van der Waals surface area contributed by atoms with E-state index in [0.717, 1.165) is 11.8 Å². The van der Waals surface area contributed by atoms with E-state index >= 15 is 0 Å². The van der Waals surface area contributed by atoms with Crippen LogP contribution in [0.1, 0.15) is 5.56 Å². The lowest BCUT2D eigenvalue weighted by Gasteiger charge is -2.02. The number of anilines is 1. The molecule has 0 bridgehead atoms. The number of carboxylic acids is 1. The normalized spacial score (nSPS) is 10.4. The molecule has 0 radical (unpaired) electrons. The number of hydrazone groups is 1. The summed E-state index contributed by atoms with van der Waals surface area (Å²) in [5.74, 6) is -0.238. The molecular formula is C14H12N4O5. The molecule has 1 aromatic carbocycles. The second-order valence-corrected chi connectivity index (χ2v) is 4.28. The first-order chi connectivity index (χ1) is 11.0. The second kappa shape index (κ2) is 7.50. The SMILES string of the molecule is O=C(O)COc1ccc(/C=N\Nc2ccc([N+](=O)[O-])cn2)cc1. The Morgan fingerprint density at radius 1 is 1.35 bits per heavy atom. The number of pyridine rings is 1. The summed E-state index contributed by atoms with van der Waals surface area (Å²) in [4.78, 5) is 24.2. The van der Waals surface area contributed by atoms with Gasteiger partial charge >= 0.3 is 5.97 Å². The van der Waals surface area contributed by atoms with E-state index in [0.29, 0.717) is 11.6 Å². The summed E-state index contributed by atoms with van der Waals surface area (Å²) < 4.78 is 5.00. The molecule has 0 spiro atoms. The van der Waals surface area contributed by atoms with E-state index in [1.165, 1.54) is 18.3 Å². The van der Waals surface area contributed by atoms with E-state index in [-0.39, 0.29) is 5.69 Å². The van der Waals surface area contributed by atoms with Crippen molar-refractivity contribution in [3.05, 3.63) is 58.3 Å². The highest BCUT2D eigenvalue weighted by Gasteiger charge is 2.04. The van der Waals surface area contributed by atoms with Crippen molar-refractivity contribution < 1.29 is 19.6 Å². The highest BCUT2D eigenvalue weighted by Crippen LogP contribution is 2.12. The number of hydrogen-bond acceptors (Lipinski definition) is 7. The third-order valence-electron chi connectivity index (χ3n) is 2.59. The lowest BCUT2D eigenvalue weighted by atomic mass is 10.2. The van der Waals surface area contributed by atoms with Gasteiger partial charge in [-0.3, -0.25) is 15.5 Å². The minimum Gasteiger partial charge on any atom is -0.482 e. The third-order valence-corrected chi connectivity index (χ3v) is 2.59. The summed E-state index contributed by atoms with van der Waals surface area (Å²) in [6.45, 7) is -0.402. The fraction of sp³-hybridized carbons (Fsp3) is 0.0714. The van der Waals surface area contributed by atoms with Crippen LogP contribution in [0.25, 0.3) is 0 Å². The van der Waals surface area contributed by atoms with E-state index < -0.39 is 17.5 Å². The number of hydrogen-bond donors (Lipinski definition) is 2. The van der Waals surface area contributed by atoms with E-state index in [1.807, 2.05) is 0 Å². The van der Waals surface area contributed by atoms with Gasteiger partial charge in [0.2, 0.25) is 0 Å². The van der Waals surface area contributed by atoms with Crippen molar-refractivity contribution in [2.24, 2.45) is 5.10 Å². The number of ether oxygens (including phenoxy) is 1. The van der Waals surface area contributed by atoms with E-state index in [4.69, 9.17) is 9.84 Å². The Hall–Kier alpha value is -3.49. The van der Waals surface area contributed by atoms with Crippen molar-refractivity contribution in [3.63, 3.8) is 0 Å². The number of aromatic nitrogens is 1. The van der Waals surface area contributed by atoms with Gasteiger partial charge in [0.15, 0.2) is 6.61 Å². The van der Waals surface area contributed by atoms with Gasteiger partial charge in [-0.25, -0.2) is 9.78 Å². The summed E-state index contributed by atoms with van der Waals surface area (Å²) in [5.41, 5.74) is 3.29. The van der Waals surface area contributed by atoms with Gasteiger partial charge in [0.05, 0.1) is 11.1 Å². The Morgan fingerprint density at radius 3 is 2.65 bits per heavy atom. The van der Waals surface area contributed by atoms with Crippen LogP contribution in [-0.2, 0) is 4.79 Å². The van der Waals surface area contributed by atoms with Crippen molar-refractivity contribution >= 4 is 23.7 Å². The van der Waals surface area contributed by atoms with Gasteiger partial charge in [0.25, 0.3) is 5.69 Å². The topological polar surface area (TPSA) is 127 Å². The summed E-state index contributed by atoms with van der Waals surface area (Å²) in [6, 6.07) is 9.40. The molecule has 0 atom stereocenters. The average molecular weight is 316 g/mol. The molecule has 9 nitrogen and oxygen atoms in total. The van der Waals surface area contributed by atoms with E-state index in [9.17, 15) is 14.9 Å². The molecule has 0 saturated carbocycles. The van der Waals surface area contributed by atoms with Crippen LogP contribution in [0, 0.1) is 10.1 Å². The van der Waals surface area contributed by atoms with Crippen LogP contribution < -0.4 is 10.2 Å². The van der Waals surface area contributed by atoms with E-state index in [2.05, 4.69) is 15.5 Å². The van der Waals surface area contributed by atoms with Gasteiger partial charge in [-0.15, -0.1) is 0 Å². The van der Waals surface area contributed by atoms with Crippen molar-refractivity contribution in [1.29, 1.82) is 0 Å². The third kappa shape index (κ3) is 5.08. The summed E-state index contributed by atoms with van der Waals surface area (Å²) in [7, 11) is 0. The van der Waals surface area contributed by atoms with Crippen LogP contribution in [0.2, 0.25) is 0 Å². The quantitative estimate of drug-likeness (QED) is 0.453. The van der Waals surface area contributed by atoms with Gasteiger partial charge in [-0.2, -0.15) is 5.10 Å². The summed E-state index contributed by atoms with van der Waals surface area (Å²) in [5, 5.41) is 22.9. The van der Waals surface area contributed by atoms with Crippen LogP contribution >= 0.6 is 0 Å². The molecule has 0 aliphatic heterocycles. The summed E-state index contributed by atoms with van der Waals surface area (Å²) in [6.07, 6.45) is 2.65. The highest BCUT2D eigenvalue weighted by molar-refractivity contribution is 5.80. The van der Waals surface area contributed by atoms with Gasteiger partial charge in [-0.05, 0) is 35.9 Å². The number of nitro groups is 1. The Bertz CT molecular complexity index is 713. The monoisotopic (exact) mass is 316 g/mol. The number of aliphatic carboxylic acids is 1. The molecule has 0 aliphatic rings. The highest BCUT2D eigenvalue weighted by atomic mass is 16.6. The number of rotatable bonds is 7. The zero-order valence-corrected chi connectivity index (χ0v) is 11.7. The molecule has 1 aromatic heterocycles. The Labute approximate surface area is 130 Å². The maximum Gasteiger partial charge on any atom is 0.341 e. The van der Waals surface area contributed by atoms with Gasteiger partial charge in [0.1, 0.15) is 17.8 Å². The zero-order valence-electron chi connectivity index (χ0n) is 11.7. The first kappa shape index (κ1) is 15.9. The van der Waals surface area contributed by atoms with Crippen molar-refractivity contribution in [2.75, 3.05) is 12.0 Å².